The molecular formula is C12H23NO3S. The van der Waals surface area contributed by atoms with Crippen molar-refractivity contribution in [3.63, 3.8) is 0 Å². The third kappa shape index (κ3) is 9.03. The van der Waals surface area contributed by atoms with E-state index in [1.807, 2.05) is 34.6 Å². The summed E-state index contributed by atoms with van der Waals surface area (Å²) >= 11 is 1.22. The molecule has 0 aliphatic rings. The average molecular weight is 261 g/mol. The lowest BCUT2D eigenvalue weighted by molar-refractivity contribution is -0.109. The van der Waals surface area contributed by atoms with Gasteiger partial charge in [0, 0.05) is 18.7 Å². The minimum atomic E-state index is -0.501. The van der Waals surface area contributed by atoms with Gasteiger partial charge in [-0.3, -0.25) is 4.79 Å². The van der Waals surface area contributed by atoms with Gasteiger partial charge in [0.15, 0.2) is 5.12 Å². The zero-order chi connectivity index (χ0) is 13.6. The van der Waals surface area contributed by atoms with Crippen LogP contribution in [0.5, 0.6) is 0 Å². The van der Waals surface area contributed by atoms with Crippen molar-refractivity contribution in [1.29, 1.82) is 0 Å². The third-order valence-electron chi connectivity index (χ3n) is 1.97. The van der Waals surface area contributed by atoms with Gasteiger partial charge in [0.05, 0.1) is 0 Å². The average Bonchev–Trinajstić information content (AvgIpc) is 2.08. The van der Waals surface area contributed by atoms with Gasteiger partial charge in [-0.25, -0.2) is 4.79 Å². The van der Waals surface area contributed by atoms with Gasteiger partial charge in [-0.2, -0.15) is 0 Å². The molecule has 4 nitrogen and oxygen atoms in total. The first-order valence-electron chi connectivity index (χ1n) is 5.74. The van der Waals surface area contributed by atoms with E-state index in [4.69, 9.17) is 4.74 Å². The molecule has 0 unspecified atom stereocenters. The molecule has 0 rings (SSSR count). The molecule has 0 aliphatic carbocycles. The predicted octanol–water partition coefficient (Wildman–Crippen LogP) is 2.82. The van der Waals surface area contributed by atoms with Crippen molar-refractivity contribution in [3.05, 3.63) is 0 Å². The molecule has 0 aromatic rings. The number of rotatable bonds is 4. The number of hydrogen-bond acceptors (Lipinski definition) is 4. The van der Waals surface area contributed by atoms with Gasteiger partial charge in [0.1, 0.15) is 5.60 Å². The monoisotopic (exact) mass is 261 g/mol. The highest BCUT2D eigenvalue weighted by molar-refractivity contribution is 8.13. The molecule has 0 bridgehead atoms. The maximum atomic E-state index is 11.6. The molecule has 0 heterocycles. The molecule has 5 heteroatoms. The number of thioether (sulfide) groups is 1. The van der Waals surface area contributed by atoms with Crippen molar-refractivity contribution in [2.24, 2.45) is 5.92 Å². The number of nitrogens with one attached hydrogen (secondary N) is 1. The van der Waals surface area contributed by atoms with Crippen LogP contribution in [0.3, 0.4) is 0 Å². The first kappa shape index (κ1) is 16.3. The summed E-state index contributed by atoms with van der Waals surface area (Å²) < 4.78 is 5.18. The molecule has 17 heavy (non-hydrogen) atoms. The normalized spacial score (nSPS) is 13.4. The van der Waals surface area contributed by atoms with Crippen molar-refractivity contribution < 1.29 is 14.3 Å². The highest BCUT2D eigenvalue weighted by Gasteiger charge is 2.21. The van der Waals surface area contributed by atoms with E-state index in [1.54, 1.807) is 0 Å². The van der Waals surface area contributed by atoms with E-state index < -0.39 is 11.7 Å². The summed E-state index contributed by atoms with van der Waals surface area (Å²) in [5.74, 6) is 0.834. The molecule has 0 aromatic carbocycles. The molecule has 0 saturated heterocycles. The standard InChI is InChI=1S/C12H23NO3S/c1-8(2)10(7-17-9(3)14)13-11(15)16-12(4,5)6/h8,10H,7H2,1-6H3,(H,13,15)/t10-/m1/s1. The van der Waals surface area contributed by atoms with E-state index in [1.165, 1.54) is 18.7 Å². The Morgan fingerprint density at radius 3 is 2.18 bits per heavy atom. The van der Waals surface area contributed by atoms with Gasteiger partial charge < -0.3 is 10.1 Å². The molecule has 1 N–H and O–H groups in total. The second-order valence-electron chi connectivity index (χ2n) is 5.30. The smallest absolute Gasteiger partial charge is 0.407 e. The number of hydrogen-bond donors (Lipinski definition) is 1. The van der Waals surface area contributed by atoms with E-state index in [2.05, 4.69) is 5.32 Å². The fourth-order valence-corrected chi connectivity index (χ4v) is 1.95. The molecule has 1 atom stereocenters. The summed E-state index contributed by atoms with van der Waals surface area (Å²) in [5.41, 5.74) is -0.501. The maximum absolute atomic E-state index is 11.6. The Hall–Kier alpha value is -0.710. The predicted molar refractivity (Wildman–Crippen MR) is 71.1 cm³/mol. The Bertz CT molecular complexity index is 271. The van der Waals surface area contributed by atoms with Crippen LogP contribution < -0.4 is 5.32 Å². The lowest BCUT2D eigenvalue weighted by atomic mass is 10.1. The molecule has 0 aromatic heterocycles. The van der Waals surface area contributed by atoms with Crippen molar-refractivity contribution in [2.45, 2.75) is 53.2 Å². The minimum Gasteiger partial charge on any atom is -0.444 e. The highest BCUT2D eigenvalue weighted by atomic mass is 32.2. The Morgan fingerprint density at radius 2 is 1.82 bits per heavy atom. The van der Waals surface area contributed by atoms with Gasteiger partial charge >= 0.3 is 6.09 Å². The molecular weight excluding hydrogens is 238 g/mol. The minimum absolute atomic E-state index is 0.0567. The van der Waals surface area contributed by atoms with Crippen LogP contribution in [0.2, 0.25) is 0 Å². The lowest BCUT2D eigenvalue weighted by Crippen LogP contribution is -2.43. The van der Waals surface area contributed by atoms with Crippen LogP contribution in [-0.2, 0) is 9.53 Å². The molecule has 0 aliphatic heterocycles. The van der Waals surface area contributed by atoms with Gasteiger partial charge in [0.2, 0.25) is 0 Å². The number of alkyl carbamates (subject to hydrolysis) is 1. The van der Waals surface area contributed by atoms with Crippen LogP contribution in [-0.4, -0.2) is 28.6 Å². The van der Waals surface area contributed by atoms with Gasteiger partial charge in [0.25, 0.3) is 0 Å². The quantitative estimate of drug-likeness (QED) is 0.845. The van der Waals surface area contributed by atoms with E-state index >= 15 is 0 Å². The SMILES string of the molecule is CC(=O)SC[C@@H](NC(=O)OC(C)(C)C)C(C)C. The Labute approximate surface area is 108 Å². The Balaban J connectivity index is 4.25. The maximum Gasteiger partial charge on any atom is 0.407 e. The van der Waals surface area contributed by atoms with E-state index in [9.17, 15) is 9.59 Å². The van der Waals surface area contributed by atoms with Crippen LogP contribution >= 0.6 is 11.8 Å². The summed E-state index contributed by atoms with van der Waals surface area (Å²) in [6, 6.07) is -0.0567. The summed E-state index contributed by atoms with van der Waals surface area (Å²) in [7, 11) is 0. The highest BCUT2D eigenvalue weighted by Crippen LogP contribution is 2.12. The fourth-order valence-electron chi connectivity index (χ4n) is 1.07. The van der Waals surface area contributed by atoms with Gasteiger partial charge in [-0.05, 0) is 26.7 Å². The van der Waals surface area contributed by atoms with E-state index in [-0.39, 0.29) is 17.1 Å². The number of amides is 1. The summed E-state index contributed by atoms with van der Waals surface area (Å²) in [6.45, 7) is 11.0. The molecule has 0 radical (unpaired) electrons. The van der Waals surface area contributed by atoms with E-state index in [0.29, 0.717) is 5.75 Å². The Kier molecular flexibility index (Phi) is 6.60. The first-order chi connectivity index (χ1) is 7.61. The van der Waals surface area contributed by atoms with Crippen LogP contribution in [0.4, 0.5) is 4.79 Å². The molecule has 1 amide bonds. The zero-order valence-electron chi connectivity index (χ0n) is 11.5. The van der Waals surface area contributed by atoms with Crippen LogP contribution in [0.15, 0.2) is 0 Å². The fraction of sp³-hybridized carbons (Fsp3) is 0.833. The molecule has 0 spiro atoms. The van der Waals surface area contributed by atoms with Crippen LogP contribution in [0.1, 0.15) is 41.5 Å². The topological polar surface area (TPSA) is 55.4 Å². The van der Waals surface area contributed by atoms with Crippen molar-refractivity contribution in [2.75, 3.05) is 5.75 Å². The van der Waals surface area contributed by atoms with Crippen LogP contribution in [0, 0.1) is 5.92 Å². The third-order valence-corrected chi connectivity index (χ3v) is 2.91. The van der Waals surface area contributed by atoms with Gasteiger partial charge in [-0.1, -0.05) is 25.6 Å². The number of ether oxygens (including phenoxy) is 1. The van der Waals surface area contributed by atoms with Crippen LogP contribution in [0.25, 0.3) is 0 Å². The summed E-state index contributed by atoms with van der Waals surface area (Å²) in [4.78, 5) is 22.5. The largest absolute Gasteiger partial charge is 0.444 e. The Morgan fingerprint density at radius 1 is 1.29 bits per heavy atom. The number of carbonyl (C=O) groups excluding carboxylic acids is 2. The van der Waals surface area contributed by atoms with Gasteiger partial charge in [-0.15, -0.1) is 0 Å². The molecule has 0 saturated carbocycles. The number of carbonyl (C=O) groups is 2. The summed E-state index contributed by atoms with van der Waals surface area (Å²) in [6.07, 6.45) is -0.430. The van der Waals surface area contributed by atoms with Crippen molar-refractivity contribution >= 4 is 23.0 Å². The van der Waals surface area contributed by atoms with Crippen molar-refractivity contribution in [3.8, 4) is 0 Å². The summed E-state index contributed by atoms with van der Waals surface area (Å²) in [5, 5.41) is 2.85. The second-order valence-corrected chi connectivity index (χ2v) is 6.50. The zero-order valence-corrected chi connectivity index (χ0v) is 12.3. The lowest BCUT2D eigenvalue weighted by Gasteiger charge is -2.25. The molecule has 100 valence electrons. The molecule has 0 fully saturated rings. The van der Waals surface area contributed by atoms with Crippen molar-refractivity contribution in [1.82, 2.24) is 5.32 Å². The van der Waals surface area contributed by atoms with E-state index in [0.717, 1.165) is 0 Å². The first-order valence-corrected chi connectivity index (χ1v) is 6.73. The second kappa shape index (κ2) is 6.89.